The van der Waals surface area contributed by atoms with E-state index in [1.165, 1.54) is 6.92 Å². The number of methoxy groups -OCH3 is 1. The molecule has 1 aromatic heterocycles. The molecule has 0 atom stereocenters. The summed E-state index contributed by atoms with van der Waals surface area (Å²) in [5, 5.41) is 20.1. The molecule has 0 aliphatic rings. The number of carbonyl (C=O) groups excluding carboxylic acids is 1. The van der Waals surface area contributed by atoms with Gasteiger partial charge < -0.3 is 10.1 Å². The predicted octanol–water partition coefficient (Wildman–Crippen LogP) is 3.09. The molecule has 0 saturated carbocycles. The van der Waals surface area contributed by atoms with Gasteiger partial charge >= 0.3 is 0 Å². The third-order valence-corrected chi connectivity index (χ3v) is 3.60. The van der Waals surface area contributed by atoms with Crippen LogP contribution in [0.15, 0.2) is 48.5 Å². The maximum atomic E-state index is 11.9. The Morgan fingerprint density at radius 1 is 1.16 bits per heavy atom. The maximum Gasteiger partial charge on any atom is 0.183 e. The SMILES string of the molecule is COc1ccc(-n2nnc(C(C)=O)c2Nc2ccc(C#N)cc2)cc1. The van der Waals surface area contributed by atoms with Crippen molar-refractivity contribution in [2.45, 2.75) is 6.92 Å². The minimum absolute atomic E-state index is 0.198. The maximum absolute atomic E-state index is 11.9. The molecule has 0 unspecified atom stereocenters. The number of ether oxygens (including phenoxy) is 1. The van der Waals surface area contributed by atoms with E-state index >= 15 is 0 Å². The number of aromatic nitrogens is 3. The van der Waals surface area contributed by atoms with Gasteiger partial charge in [-0.05, 0) is 48.5 Å². The Balaban J connectivity index is 2.01. The van der Waals surface area contributed by atoms with E-state index in [1.54, 1.807) is 48.2 Å². The summed E-state index contributed by atoms with van der Waals surface area (Å²) >= 11 is 0. The average molecular weight is 333 g/mol. The molecule has 2 aromatic carbocycles. The van der Waals surface area contributed by atoms with Crippen molar-refractivity contribution in [2.24, 2.45) is 0 Å². The molecular formula is C18H15N5O2. The number of nitrogens with zero attached hydrogens (tertiary/aromatic N) is 4. The van der Waals surface area contributed by atoms with Gasteiger partial charge in [-0.3, -0.25) is 4.79 Å². The van der Waals surface area contributed by atoms with E-state index in [2.05, 4.69) is 21.7 Å². The highest BCUT2D eigenvalue weighted by Crippen LogP contribution is 2.24. The molecule has 0 bridgehead atoms. The Kier molecular flexibility index (Phi) is 4.44. The fraction of sp³-hybridized carbons (Fsp3) is 0.111. The summed E-state index contributed by atoms with van der Waals surface area (Å²) in [4.78, 5) is 11.9. The number of nitriles is 1. The number of anilines is 2. The summed E-state index contributed by atoms with van der Waals surface area (Å²) < 4.78 is 6.70. The summed E-state index contributed by atoms with van der Waals surface area (Å²) in [5.41, 5.74) is 2.25. The van der Waals surface area contributed by atoms with Crippen LogP contribution in [0.1, 0.15) is 23.0 Å². The standard InChI is InChI=1S/C18H15N5O2/c1-12(24)17-18(20-14-5-3-13(11-19)4-6-14)23(22-21-17)15-7-9-16(25-2)10-8-15/h3-10,20H,1-2H3. The van der Waals surface area contributed by atoms with Gasteiger partial charge in [0.2, 0.25) is 0 Å². The summed E-state index contributed by atoms with van der Waals surface area (Å²) in [6, 6.07) is 16.2. The van der Waals surface area contributed by atoms with E-state index in [0.29, 0.717) is 11.4 Å². The van der Waals surface area contributed by atoms with Crippen molar-refractivity contribution in [1.82, 2.24) is 15.0 Å². The van der Waals surface area contributed by atoms with Crippen molar-refractivity contribution < 1.29 is 9.53 Å². The van der Waals surface area contributed by atoms with Crippen molar-refractivity contribution in [1.29, 1.82) is 5.26 Å². The highest BCUT2D eigenvalue weighted by Gasteiger charge is 2.18. The first-order chi connectivity index (χ1) is 12.1. The third-order valence-electron chi connectivity index (χ3n) is 3.60. The van der Waals surface area contributed by atoms with E-state index < -0.39 is 0 Å². The van der Waals surface area contributed by atoms with Crippen LogP contribution in [0.2, 0.25) is 0 Å². The van der Waals surface area contributed by atoms with E-state index in [0.717, 1.165) is 17.1 Å². The van der Waals surface area contributed by atoms with Crippen LogP contribution in [0.4, 0.5) is 11.5 Å². The number of hydrogen-bond acceptors (Lipinski definition) is 6. The molecule has 0 spiro atoms. The largest absolute Gasteiger partial charge is 0.497 e. The molecule has 0 aliphatic heterocycles. The lowest BCUT2D eigenvalue weighted by molar-refractivity contribution is 0.101. The second kappa shape index (κ2) is 6.84. The van der Waals surface area contributed by atoms with E-state index in [1.807, 2.05) is 12.1 Å². The molecular weight excluding hydrogens is 318 g/mol. The number of ketones is 1. The molecule has 0 fully saturated rings. The van der Waals surface area contributed by atoms with Crippen LogP contribution < -0.4 is 10.1 Å². The average Bonchev–Trinajstić information content (AvgIpc) is 3.06. The lowest BCUT2D eigenvalue weighted by Gasteiger charge is -2.10. The van der Waals surface area contributed by atoms with Crippen molar-refractivity contribution >= 4 is 17.3 Å². The van der Waals surface area contributed by atoms with E-state index in [4.69, 9.17) is 10.00 Å². The number of carbonyl (C=O) groups is 1. The molecule has 0 radical (unpaired) electrons. The predicted molar refractivity (Wildman–Crippen MR) is 92.4 cm³/mol. The van der Waals surface area contributed by atoms with Crippen LogP contribution in [-0.4, -0.2) is 27.9 Å². The normalized spacial score (nSPS) is 10.1. The first-order valence-electron chi connectivity index (χ1n) is 7.50. The summed E-state index contributed by atoms with van der Waals surface area (Å²) in [7, 11) is 1.59. The number of rotatable bonds is 5. The van der Waals surface area contributed by atoms with Gasteiger partial charge in [0.05, 0.1) is 24.4 Å². The first kappa shape index (κ1) is 16.2. The number of hydrogen-bond donors (Lipinski definition) is 1. The Morgan fingerprint density at radius 2 is 1.84 bits per heavy atom. The van der Waals surface area contributed by atoms with Crippen LogP contribution in [0.25, 0.3) is 5.69 Å². The molecule has 3 aromatic rings. The zero-order valence-electron chi connectivity index (χ0n) is 13.7. The van der Waals surface area contributed by atoms with Gasteiger partial charge in [0, 0.05) is 12.6 Å². The zero-order valence-corrected chi connectivity index (χ0v) is 13.7. The molecule has 1 N–H and O–H groups in total. The van der Waals surface area contributed by atoms with Crippen LogP contribution in [0.3, 0.4) is 0 Å². The summed E-state index contributed by atoms with van der Waals surface area (Å²) in [5.74, 6) is 0.982. The first-order valence-corrected chi connectivity index (χ1v) is 7.50. The van der Waals surface area contributed by atoms with E-state index in [-0.39, 0.29) is 11.5 Å². The molecule has 0 saturated heterocycles. The van der Waals surface area contributed by atoms with Gasteiger partial charge in [-0.2, -0.15) is 9.94 Å². The molecule has 0 aliphatic carbocycles. The smallest absolute Gasteiger partial charge is 0.183 e. The molecule has 124 valence electrons. The lowest BCUT2D eigenvalue weighted by atomic mass is 10.2. The lowest BCUT2D eigenvalue weighted by Crippen LogP contribution is -2.05. The van der Waals surface area contributed by atoms with Gasteiger partial charge in [0.15, 0.2) is 17.3 Å². The molecule has 25 heavy (non-hydrogen) atoms. The van der Waals surface area contributed by atoms with Crippen LogP contribution >= 0.6 is 0 Å². The van der Waals surface area contributed by atoms with Gasteiger partial charge in [-0.15, -0.1) is 5.10 Å². The van der Waals surface area contributed by atoms with Gasteiger partial charge in [-0.1, -0.05) is 5.21 Å². The quantitative estimate of drug-likeness (QED) is 0.721. The molecule has 3 rings (SSSR count). The highest BCUT2D eigenvalue weighted by atomic mass is 16.5. The third kappa shape index (κ3) is 3.33. The fourth-order valence-electron chi connectivity index (χ4n) is 2.30. The monoisotopic (exact) mass is 333 g/mol. The number of benzene rings is 2. The Hall–Kier alpha value is -3.66. The molecule has 0 amide bonds. The number of Topliss-reactive ketones (excluding diaryl/α,β-unsaturated/α-hetero) is 1. The zero-order chi connectivity index (χ0) is 17.8. The van der Waals surface area contributed by atoms with E-state index in [9.17, 15) is 4.79 Å². The Bertz CT molecular complexity index is 937. The van der Waals surface area contributed by atoms with Crippen molar-refractivity contribution in [3.8, 4) is 17.5 Å². The topological polar surface area (TPSA) is 92.8 Å². The minimum Gasteiger partial charge on any atom is -0.497 e. The second-order valence-corrected chi connectivity index (χ2v) is 5.27. The highest BCUT2D eigenvalue weighted by molar-refractivity contribution is 5.97. The van der Waals surface area contributed by atoms with Crippen molar-refractivity contribution in [3.63, 3.8) is 0 Å². The van der Waals surface area contributed by atoms with Gasteiger partial charge in [0.1, 0.15) is 5.75 Å². The van der Waals surface area contributed by atoms with Crippen molar-refractivity contribution in [3.05, 3.63) is 59.8 Å². The van der Waals surface area contributed by atoms with Crippen LogP contribution in [0, 0.1) is 11.3 Å². The minimum atomic E-state index is -0.198. The van der Waals surface area contributed by atoms with Gasteiger partial charge in [0.25, 0.3) is 0 Å². The van der Waals surface area contributed by atoms with Crippen molar-refractivity contribution in [2.75, 3.05) is 12.4 Å². The Labute approximate surface area is 144 Å². The molecule has 7 nitrogen and oxygen atoms in total. The fourth-order valence-corrected chi connectivity index (χ4v) is 2.30. The van der Waals surface area contributed by atoms with Gasteiger partial charge in [-0.25, -0.2) is 0 Å². The van der Waals surface area contributed by atoms with Crippen LogP contribution in [-0.2, 0) is 0 Å². The molecule has 7 heteroatoms. The summed E-state index contributed by atoms with van der Waals surface area (Å²) in [6.45, 7) is 1.44. The number of nitrogens with one attached hydrogen (secondary N) is 1. The van der Waals surface area contributed by atoms with Crippen LogP contribution in [0.5, 0.6) is 5.75 Å². The second-order valence-electron chi connectivity index (χ2n) is 5.27. The molecule has 1 heterocycles. The summed E-state index contributed by atoms with van der Waals surface area (Å²) in [6.07, 6.45) is 0. The Morgan fingerprint density at radius 3 is 2.40 bits per heavy atom.